The average Bonchev–Trinajstić information content (AvgIpc) is 3.17. The summed E-state index contributed by atoms with van der Waals surface area (Å²) in [5.41, 5.74) is 0. The maximum absolute atomic E-state index is 12.1. The van der Waals surface area contributed by atoms with Crippen LogP contribution >= 0.6 is 0 Å². The van der Waals surface area contributed by atoms with Gasteiger partial charge < -0.3 is 15.0 Å². The van der Waals surface area contributed by atoms with E-state index in [4.69, 9.17) is 4.74 Å². The van der Waals surface area contributed by atoms with Crippen molar-refractivity contribution < 1.29 is 9.53 Å². The van der Waals surface area contributed by atoms with Crippen LogP contribution in [-0.4, -0.2) is 42.8 Å². The number of hydrogen-bond donors (Lipinski definition) is 1. The second kappa shape index (κ2) is 4.24. The topological polar surface area (TPSA) is 41.6 Å². The number of rotatable bonds is 4. The highest BCUT2D eigenvalue weighted by atomic mass is 16.5. The molecular formula is C12H20N2O2. The van der Waals surface area contributed by atoms with Crippen molar-refractivity contribution in [1.29, 1.82) is 0 Å². The van der Waals surface area contributed by atoms with E-state index in [1.807, 2.05) is 0 Å². The van der Waals surface area contributed by atoms with E-state index in [-0.39, 0.29) is 12.1 Å². The van der Waals surface area contributed by atoms with Crippen LogP contribution in [0, 0.1) is 5.92 Å². The van der Waals surface area contributed by atoms with Gasteiger partial charge in [-0.05, 0) is 38.0 Å². The molecule has 0 radical (unpaired) electrons. The summed E-state index contributed by atoms with van der Waals surface area (Å²) >= 11 is 0. The molecule has 3 fully saturated rings. The Morgan fingerprint density at radius 1 is 1.25 bits per heavy atom. The second-order valence-corrected chi connectivity index (χ2v) is 5.34. The standard InChI is InChI=1S/C12H20N2O2/c15-12(13-10-5-6-16-8-10)14(11-3-4-11)7-9-1-2-9/h9-11H,1-8H2,(H,13,15). The SMILES string of the molecule is O=C(NC1CCOC1)N(CC1CC1)C1CC1. The van der Waals surface area contributed by atoms with E-state index in [9.17, 15) is 4.79 Å². The first-order chi connectivity index (χ1) is 7.83. The molecule has 1 saturated heterocycles. The summed E-state index contributed by atoms with van der Waals surface area (Å²) in [7, 11) is 0. The molecule has 3 rings (SSSR count). The van der Waals surface area contributed by atoms with E-state index in [0.717, 1.165) is 25.5 Å². The molecule has 0 aromatic heterocycles. The van der Waals surface area contributed by atoms with Crippen molar-refractivity contribution in [3.8, 4) is 0 Å². The quantitative estimate of drug-likeness (QED) is 0.783. The minimum absolute atomic E-state index is 0.143. The fourth-order valence-corrected chi connectivity index (χ4v) is 2.27. The van der Waals surface area contributed by atoms with Gasteiger partial charge in [-0.3, -0.25) is 0 Å². The lowest BCUT2D eigenvalue weighted by atomic mass is 10.2. The third-order valence-electron chi connectivity index (χ3n) is 3.66. The molecular weight excluding hydrogens is 204 g/mol. The molecule has 0 spiro atoms. The van der Waals surface area contributed by atoms with Crippen LogP contribution in [-0.2, 0) is 4.74 Å². The van der Waals surface area contributed by atoms with Crippen LogP contribution in [0.1, 0.15) is 32.1 Å². The molecule has 2 saturated carbocycles. The molecule has 4 nitrogen and oxygen atoms in total. The number of urea groups is 1. The smallest absolute Gasteiger partial charge is 0.317 e. The van der Waals surface area contributed by atoms with Gasteiger partial charge in [-0.1, -0.05) is 0 Å². The van der Waals surface area contributed by atoms with Crippen LogP contribution in [0.5, 0.6) is 0 Å². The lowest BCUT2D eigenvalue weighted by molar-refractivity contribution is 0.175. The molecule has 1 heterocycles. The lowest BCUT2D eigenvalue weighted by Crippen LogP contribution is -2.46. The summed E-state index contributed by atoms with van der Waals surface area (Å²) < 4.78 is 5.27. The summed E-state index contributed by atoms with van der Waals surface area (Å²) in [6.45, 7) is 2.45. The van der Waals surface area contributed by atoms with Crippen LogP contribution in [0.2, 0.25) is 0 Å². The Morgan fingerprint density at radius 3 is 2.62 bits per heavy atom. The van der Waals surface area contributed by atoms with E-state index in [1.54, 1.807) is 0 Å². The molecule has 90 valence electrons. The van der Waals surface area contributed by atoms with Gasteiger partial charge in [0.05, 0.1) is 12.6 Å². The van der Waals surface area contributed by atoms with E-state index in [0.29, 0.717) is 12.6 Å². The van der Waals surface area contributed by atoms with Crippen molar-refractivity contribution in [1.82, 2.24) is 10.2 Å². The van der Waals surface area contributed by atoms with Crippen LogP contribution in [0.15, 0.2) is 0 Å². The van der Waals surface area contributed by atoms with Crippen LogP contribution in [0.4, 0.5) is 4.79 Å². The van der Waals surface area contributed by atoms with E-state index in [2.05, 4.69) is 10.2 Å². The zero-order valence-electron chi connectivity index (χ0n) is 9.65. The van der Waals surface area contributed by atoms with E-state index < -0.39 is 0 Å². The molecule has 1 unspecified atom stereocenters. The van der Waals surface area contributed by atoms with Crippen molar-refractivity contribution in [3.63, 3.8) is 0 Å². The monoisotopic (exact) mass is 224 g/mol. The average molecular weight is 224 g/mol. The minimum atomic E-state index is 0.143. The van der Waals surface area contributed by atoms with Gasteiger partial charge in [-0.15, -0.1) is 0 Å². The Bertz CT molecular complexity index is 268. The van der Waals surface area contributed by atoms with Crippen molar-refractivity contribution in [3.05, 3.63) is 0 Å². The largest absolute Gasteiger partial charge is 0.379 e. The molecule has 1 atom stereocenters. The number of carbonyl (C=O) groups is 1. The summed E-state index contributed by atoms with van der Waals surface area (Å²) in [6, 6.07) is 0.917. The molecule has 16 heavy (non-hydrogen) atoms. The van der Waals surface area contributed by atoms with Crippen molar-refractivity contribution in [2.75, 3.05) is 19.8 Å². The van der Waals surface area contributed by atoms with Gasteiger partial charge in [-0.25, -0.2) is 4.79 Å². The first kappa shape index (κ1) is 10.4. The van der Waals surface area contributed by atoms with E-state index >= 15 is 0 Å². The molecule has 2 aliphatic carbocycles. The highest BCUT2D eigenvalue weighted by molar-refractivity contribution is 5.75. The Balaban J connectivity index is 1.52. The van der Waals surface area contributed by atoms with Gasteiger partial charge in [-0.2, -0.15) is 0 Å². The summed E-state index contributed by atoms with van der Waals surface area (Å²) in [5, 5.41) is 3.10. The molecule has 1 N–H and O–H groups in total. The number of nitrogens with one attached hydrogen (secondary N) is 1. The zero-order valence-corrected chi connectivity index (χ0v) is 9.65. The van der Waals surface area contributed by atoms with Gasteiger partial charge >= 0.3 is 6.03 Å². The Labute approximate surface area is 96.3 Å². The number of amides is 2. The highest BCUT2D eigenvalue weighted by Gasteiger charge is 2.37. The van der Waals surface area contributed by atoms with Gasteiger partial charge in [0.1, 0.15) is 0 Å². The lowest BCUT2D eigenvalue weighted by Gasteiger charge is -2.24. The second-order valence-electron chi connectivity index (χ2n) is 5.34. The summed E-state index contributed by atoms with van der Waals surface area (Å²) in [6.07, 6.45) is 5.97. The maximum atomic E-state index is 12.1. The van der Waals surface area contributed by atoms with E-state index in [1.165, 1.54) is 25.7 Å². The highest BCUT2D eigenvalue weighted by Crippen LogP contribution is 2.34. The zero-order chi connectivity index (χ0) is 11.0. The predicted octanol–water partition coefficient (Wildman–Crippen LogP) is 1.36. The normalized spacial score (nSPS) is 29.1. The third-order valence-corrected chi connectivity index (χ3v) is 3.66. The molecule has 0 aromatic rings. The molecule has 1 aliphatic heterocycles. The molecule has 0 aromatic carbocycles. The first-order valence-electron chi connectivity index (χ1n) is 6.48. The number of hydrogen-bond acceptors (Lipinski definition) is 2. The Kier molecular flexibility index (Phi) is 2.75. The van der Waals surface area contributed by atoms with Crippen LogP contribution < -0.4 is 5.32 Å². The van der Waals surface area contributed by atoms with Gasteiger partial charge in [0, 0.05) is 19.2 Å². The maximum Gasteiger partial charge on any atom is 0.317 e. The van der Waals surface area contributed by atoms with Gasteiger partial charge in [0.2, 0.25) is 0 Å². The number of carbonyl (C=O) groups excluding carboxylic acids is 1. The van der Waals surface area contributed by atoms with Crippen LogP contribution in [0.25, 0.3) is 0 Å². The Morgan fingerprint density at radius 2 is 2.06 bits per heavy atom. The molecule has 0 bridgehead atoms. The third kappa shape index (κ3) is 2.48. The van der Waals surface area contributed by atoms with Gasteiger partial charge in [0.25, 0.3) is 0 Å². The fourth-order valence-electron chi connectivity index (χ4n) is 2.27. The fraction of sp³-hybridized carbons (Fsp3) is 0.917. The molecule has 2 amide bonds. The van der Waals surface area contributed by atoms with Crippen molar-refractivity contribution in [2.45, 2.75) is 44.2 Å². The minimum Gasteiger partial charge on any atom is -0.379 e. The summed E-state index contributed by atoms with van der Waals surface area (Å²) in [4.78, 5) is 14.2. The first-order valence-corrected chi connectivity index (χ1v) is 6.48. The molecule has 4 heteroatoms. The Hall–Kier alpha value is -0.770. The van der Waals surface area contributed by atoms with Gasteiger partial charge in [0.15, 0.2) is 0 Å². The molecule has 3 aliphatic rings. The van der Waals surface area contributed by atoms with Crippen molar-refractivity contribution >= 4 is 6.03 Å². The number of ether oxygens (including phenoxy) is 1. The van der Waals surface area contributed by atoms with Crippen LogP contribution in [0.3, 0.4) is 0 Å². The predicted molar refractivity (Wildman–Crippen MR) is 60.2 cm³/mol. The van der Waals surface area contributed by atoms with Crippen molar-refractivity contribution in [2.24, 2.45) is 5.92 Å². The number of nitrogens with zero attached hydrogens (tertiary/aromatic N) is 1. The summed E-state index contributed by atoms with van der Waals surface area (Å²) in [5.74, 6) is 0.783.